The molecule has 1 aromatic carbocycles. The number of methoxy groups -OCH3 is 1. The number of piperazine rings is 1. The Hall–Kier alpha value is -0.550. The van der Waals surface area contributed by atoms with E-state index in [1.165, 1.54) is 26.4 Å². The number of nitrogens with zero attached hydrogens (tertiary/aromatic N) is 1. The summed E-state index contributed by atoms with van der Waals surface area (Å²) in [7, 11) is 1.51. The van der Waals surface area contributed by atoms with Crippen LogP contribution in [-0.4, -0.2) is 38.2 Å². The molecule has 0 amide bonds. The van der Waals surface area contributed by atoms with Crippen LogP contribution in [0.4, 0.5) is 4.39 Å². The minimum absolute atomic E-state index is 0. The van der Waals surface area contributed by atoms with E-state index in [4.69, 9.17) is 4.74 Å². The third kappa shape index (κ3) is 4.05. The maximum Gasteiger partial charge on any atom is 0.165 e. The Kier molecular flexibility index (Phi) is 7.90. The fraction of sp³-hybridized carbons (Fsp3) is 0.625. The van der Waals surface area contributed by atoms with Crippen LogP contribution in [0.15, 0.2) is 18.2 Å². The van der Waals surface area contributed by atoms with Gasteiger partial charge in [-0.15, -0.1) is 24.8 Å². The zero-order valence-electron chi connectivity index (χ0n) is 12.9. The van der Waals surface area contributed by atoms with Crippen LogP contribution in [0, 0.1) is 11.7 Å². The maximum atomic E-state index is 14.0. The first-order valence-electron chi connectivity index (χ1n) is 7.58. The third-order valence-corrected chi connectivity index (χ3v) is 4.66. The van der Waals surface area contributed by atoms with Crippen molar-refractivity contribution < 1.29 is 9.13 Å². The van der Waals surface area contributed by atoms with Gasteiger partial charge in [-0.3, -0.25) is 4.90 Å². The standard InChI is InChI=1S/C16H23FN2O.2ClH/c1-20-15-6-5-13(11-14(15)17)16(12-3-2-4-12)19-9-7-18-8-10-19;;/h5-6,11-12,16,18H,2-4,7-10H2,1H3;2*1H/t16-;;/m0../s1. The van der Waals surface area contributed by atoms with Crippen molar-refractivity contribution in [2.75, 3.05) is 33.3 Å². The Labute approximate surface area is 144 Å². The van der Waals surface area contributed by atoms with Gasteiger partial charge in [0.2, 0.25) is 0 Å². The number of ether oxygens (including phenoxy) is 1. The average molecular weight is 351 g/mol. The van der Waals surface area contributed by atoms with Gasteiger partial charge in [-0.25, -0.2) is 4.39 Å². The highest BCUT2D eigenvalue weighted by Gasteiger charge is 2.33. The number of halogens is 3. The summed E-state index contributed by atoms with van der Waals surface area (Å²) in [5.41, 5.74) is 1.11. The topological polar surface area (TPSA) is 24.5 Å². The second-order valence-corrected chi connectivity index (χ2v) is 5.82. The van der Waals surface area contributed by atoms with Crippen LogP contribution in [0.3, 0.4) is 0 Å². The summed E-state index contributed by atoms with van der Waals surface area (Å²) >= 11 is 0. The van der Waals surface area contributed by atoms with Crippen molar-refractivity contribution >= 4 is 24.8 Å². The number of rotatable bonds is 4. The Morgan fingerprint density at radius 3 is 2.41 bits per heavy atom. The molecule has 1 aliphatic heterocycles. The minimum atomic E-state index is -0.246. The molecule has 1 aromatic rings. The minimum Gasteiger partial charge on any atom is -0.494 e. The summed E-state index contributed by atoms with van der Waals surface area (Å²) in [4.78, 5) is 2.52. The fourth-order valence-corrected chi connectivity index (χ4v) is 3.36. The zero-order valence-corrected chi connectivity index (χ0v) is 14.5. The molecule has 0 radical (unpaired) electrons. The monoisotopic (exact) mass is 350 g/mol. The van der Waals surface area contributed by atoms with E-state index in [1.54, 1.807) is 12.1 Å². The van der Waals surface area contributed by atoms with Gasteiger partial charge < -0.3 is 10.1 Å². The molecule has 1 saturated heterocycles. The van der Waals surface area contributed by atoms with E-state index in [0.717, 1.165) is 31.7 Å². The Balaban J connectivity index is 0.00000121. The lowest BCUT2D eigenvalue weighted by Gasteiger charge is -2.43. The molecule has 2 aliphatic rings. The fourth-order valence-electron chi connectivity index (χ4n) is 3.36. The largest absolute Gasteiger partial charge is 0.494 e. The van der Waals surface area contributed by atoms with E-state index in [-0.39, 0.29) is 30.6 Å². The number of benzene rings is 1. The predicted molar refractivity (Wildman–Crippen MR) is 92.0 cm³/mol. The Bertz CT molecular complexity index is 465. The lowest BCUT2D eigenvalue weighted by atomic mass is 9.76. The van der Waals surface area contributed by atoms with Crippen LogP contribution in [0.25, 0.3) is 0 Å². The van der Waals surface area contributed by atoms with Crippen molar-refractivity contribution in [1.29, 1.82) is 0 Å². The first-order valence-corrected chi connectivity index (χ1v) is 7.58. The highest BCUT2D eigenvalue weighted by atomic mass is 35.5. The Morgan fingerprint density at radius 2 is 1.91 bits per heavy atom. The summed E-state index contributed by atoms with van der Waals surface area (Å²) in [6.45, 7) is 4.16. The van der Waals surface area contributed by atoms with Gasteiger partial charge in [0.15, 0.2) is 11.6 Å². The van der Waals surface area contributed by atoms with Crippen LogP contribution >= 0.6 is 24.8 Å². The molecular weight excluding hydrogens is 326 g/mol. The number of nitrogens with one attached hydrogen (secondary N) is 1. The summed E-state index contributed by atoms with van der Waals surface area (Å²) in [5, 5.41) is 3.39. The van der Waals surface area contributed by atoms with Crippen molar-refractivity contribution in [1.82, 2.24) is 10.2 Å². The van der Waals surface area contributed by atoms with Gasteiger partial charge in [-0.2, -0.15) is 0 Å². The highest BCUT2D eigenvalue weighted by molar-refractivity contribution is 5.85. The number of hydrogen-bond acceptors (Lipinski definition) is 3. The predicted octanol–water partition coefficient (Wildman–Crippen LogP) is 3.42. The van der Waals surface area contributed by atoms with Gasteiger partial charge in [-0.05, 0) is 36.5 Å². The lowest BCUT2D eigenvalue weighted by Crippen LogP contribution is -2.47. The summed E-state index contributed by atoms with van der Waals surface area (Å²) in [6.07, 6.45) is 3.84. The van der Waals surface area contributed by atoms with Crippen molar-refractivity contribution in [3.8, 4) is 5.75 Å². The SMILES string of the molecule is COc1ccc([C@H](C2CCC2)N2CCNCC2)cc1F.Cl.Cl. The van der Waals surface area contributed by atoms with E-state index in [2.05, 4.69) is 10.2 Å². The molecule has 0 spiro atoms. The molecule has 3 rings (SSSR count). The third-order valence-electron chi connectivity index (χ3n) is 4.66. The quantitative estimate of drug-likeness (QED) is 0.900. The van der Waals surface area contributed by atoms with Crippen LogP contribution in [0.2, 0.25) is 0 Å². The van der Waals surface area contributed by atoms with Crippen LogP contribution in [0.1, 0.15) is 30.9 Å². The molecule has 2 fully saturated rings. The second-order valence-electron chi connectivity index (χ2n) is 5.82. The molecule has 6 heteroatoms. The van der Waals surface area contributed by atoms with Gasteiger partial charge in [-0.1, -0.05) is 12.5 Å². The van der Waals surface area contributed by atoms with E-state index < -0.39 is 0 Å². The van der Waals surface area contributed by atoms with Crippen LogP contribution < -0.4 is 10.1 Å². The van der Waals surface area contributed by atoms with Crippen LogP contribution in [0.5, 0.6) is 5.75 Å². The van der Waals surface area contributed by atoms with E-state index in [0.29, 0.717) is 17.7 Å². The smallest absolute Gasteiger partial charge is 0.165 e. The zero-order chi connectivity index (χ0) is 13.9. The highest BCUT2D eigenvalue weighted by Crippen LogP contribution is 2.42. The van der Waals surface area contributed by atoms with Crippen LogP contribution in [-0.2, 0) is 0 Å². The molecule has 1 heterocycles. The molecule has 1 aliphatic carbocycles. The van der Waals surface area contributed by atoms with Crippen molar-refractivity contribution in [2.24, 2.45) is 5.92 Å². The molecule has 1 N–H and O–H groups in total. The number of hydrogen-bond donors (Lipinski definition) is 1. The summed E-state index contributed by atoms with van der Waals surface area (Å²) in [5.74, 6) is 0.770. The summed E-state index contributed by atoms with van der Waals surface area (Å²) in [6, 6.07) is 5.83. The summed E-state index contributed by atoms with van der Waals surface area (Å²) < 4.78 is 19.0. The molecule has 0 unspecified atom stereocenters. The first kappa shape index (κ1) is 19.5. The molecule has 22 heavy (non-hydrogen) atoms. The normalized spacial score (nSPS) is 20.3. The molecule has 3 nitrogen and oxygen atoms in total. The molecule has 0 aromatic heterocycles. The first-order chi connectivity index (χ1) is 9.79. The van der Waals surface area contributed by atoms with Crippen molar-refractivity contribution in [2.45, 2.75) is 25.3 Å². The van der Waals surface area contributed by atoms with E-state index in [9.17, 15) is 4.39 Å². The van der Waals surface area contributed by atoms with Gasteiger partial charge in [0.05, 0.1) is 7.11 Å². The molecular formula is C16H25Cl2FN2O. The van der Waals surface area contributed by atoms with Gasteiger partial charge in [0.25, 0.3) is 0 Å². The van der Waals surface area contributed by atoms with Crippen molar-refractivity contribution in [3.63, 3.8) is 0 Å². The van der Waals surface area contributed by atoms with Gasteiger partial charge in [0.1, 0.15) is 0 Å². The molecule has 126 valence electrons. The van der Waals surface area contributed by atoms with E-state index in [1.807, 2.05) is 6.07 Å². The van der Waals surface area contributed by atoms with Crippen molar-refractivity contribution in [3.05, 3.63) is 29.6 Å². The molecule has 1 atom stereocenters. The maximum absolute atomic E-state index is 14.0. The van der Waals surface area contributed by atoms with Gasteiger partial charge >= 0.3 is 0 Å². The molecule has 1 saturated carbocycles. The van der Waals surface area contributed by atoms with E-state index >= 15 is 0 Å². The lowest BCUT2D eigenvalue weighted by molar-refractivity contribution is 0.0834. The van der Waals surface area contributed by atoms with Gasteiger partial charge in [0, 0.05) is 32.2 Å². The molecule has 0 bridgehead atoms. The second kappa shape index (κ2) is 8.92. The Morgan fingerprint density at radius 1 is 1.23 bits per heavy atom. The average Bonchev–Trinajstić information content (AvgIpc) is 2.43.